The lowest BCUT2D eigenvalue weighted by Gasteiger charge is -2.31. The normalized spacial score (nSPS) is 17.0. The van der Waals surface area contributed by atoms with E-state index in [4.69, 9.17) is 14.6 Å². The number of ether oxygens (including phenoxy) is 1. The van der Waals surface area contributed by atoms with Gasteiger partial charge in [-0.05, 0) is 23.4 Å². The third-order valence-corrected chi connectivity index (χ3v) is 3.60. The van der Waals surface area contributed by atoms with Crippen LogP contribution in [-0.4, -0.2) is 62.3 Å². The van der Waals surface area contributed by atoms with Crippen LogP contribution in [0.3, 0.4) is 0 Å². The number of carbonyl (C=O) groups is 2. The minimum absolute atomic E-state index is 0.0161. The van der Waals surface area contributed by atoms with Crippen LogP contribution in [0.1, 0.15) is 27.8 Å². The van der Waals surface area contributed by atoms with Crippen LogP contribution in [0.15, 0.2) is 24.3 Å². The zero-order chi connectivity index (χ0) is 20.0. The minimum Gasteiger partial charge on any atom is -0.483 e. The van der Waals surface area contributed by atoms with E-state index in [2.05, 4.69) is 15.4 Å². The molecule has 3 rings (SSSR count). The van der Waals surface area contributed by atoms with Crippen molar-refractivity contribution in [2.45, 2.75) is 12.3 Å². The fourth-order valence-electron chi connectivity index (χ4n) is 2.43. The predicted octanol–water partition coefficient (Wildman–Crippen LogP) is 1.14. The van der Waals surface area contributed by atoms with E-state index >= 15 is 0 Å². The molecule has 0 bridgehead atoms. The van der Waals surface area contributed by atoms with Gasteiger partial charge < -0.3 is 14.7 Å². The summed E-state index contributed by atoms with van der Waals surface area (Å²) in [5.74, 6) is -0.155. The fourth-order valence-corrected chi connectivity index (χ4v) is 2.43. The van der Waals surface area contributed by atoms with E-state index in [1.54, 1.807) is 7.05 Å². The first-order valence-electron chi connectivity index (χ1n) is 7.66. The van der Waals surface area contributed by atoms with Crippen molar-refractivity contribution in [2.24, 2.45) is 7.05 Å². The molecule has 0 radical (unpaired) electrons. The lowest BCUT2D eigenvalue weighted by molar-refractivity contribution is -0.137. The van der Waals surface area contributed by atoms with Crippen molar-refractivity contribution in [3.63, 3.8) is 0 Å². The smallest absolute Gasteiger partial charge is 0.416 e. The Morgan fingerprint density at radius 2 is 2.11 bits per heavy atom. The van der Waals surface area contributed by atoms with Gasteiger partial charge in [0.1, 0.15) is 6.10 Å². The third-order valence-electron chi connectivity index (χ3n) is 3.60. The van der Waals surface area contributed by atoms with Crippen LogP contribution in [0.25, 0.3) is 0 Å². The molecule has 1 atom stereocenters. The molecular weight excluding hydrogens is 371 g/mol. The molecule has 1 aromatic heterocycles. The van der Waals surface area contributed by atoms with E-state index in [0.29, 0.717) is 5.82 Å². The molecule has 27 heavy (non-hydrogen) atoms. The lowest BCUT2D eigenvalue weighted by Crippen LogP contribution is -2.42. The summed E-state index contributed by atoms with van der Waals surface area (Å²) in [5, 5.41) is 18.5. The maximum Gasteiger partial charge on any atom is 0.416 e. The molecule has 146 valence electrons. The number of carbonyl (C=O) groups excluding carboxylic acids is 1. The molecule has 1 fully saturated rings. The van der Waals surface area contributed by atoms with Crippen molar-refractivity contribution in [3.05, 3.63) is 41.2 Å². The highest BCUT2D eigenvalue weighted by atomic mass is 19.4. The molecule has 1 saturated heterocycles. The molecule has 0 spiro atoms. The maximum absolute atomic E-state index is 12.8. The minimum atomic E-state index is -4.49. The van der Waals surface area contributed by atoms with Crippen LogP contribution in [-0.2, 0) is 22.8 Å². The SMILES string of the molecule is Cn1nnc(C2CN(C(=O)c3cccc(C(F)(F)F)c3)CCO2)n1.O=CO. The van der Waals surface area contributed by atoms with Gasteiger partial charge in [-0.25, -0.2) is 0 Å². The monoisotopic (exact) mass is 387 g/mol. The Balaban J connectivity index is 0.000000817. The van der Waals surface area contributed by atoms with Gasteiger partial charge in [0.15, 0.2) is 0 Å². The van der Waals surface area contributed by atoms with Gasteiger partial charge in [0.05, 0.1) is 25.8 Å². The van der Waals surface area contributed by atoms with Crippen LogP contribution in [0.4, 0.5) is 13.2 Å². The zero-order valence-electron chi connectivity index (χ0n) is 14.1. The summed E-state index contributed by atoms with van der Waals surface area (Å²) in [6.07, 6.45) is -5.05. The Bertz CT molecular complexity index is 796. The summed E-state index contributed by atoms with van der Waals surface area (Å²) < 4.78 is 43.9. The fraction of sp³-hybridized carbons (Fsp3) is 0.400. The quantitative estimate of drug-likeness (QED) is 0.770. The number of amides is 1. The maximum atomic E-state index is 12.8. The molecule has 1 aliphatic heterocycles. The predicted molar refractivity (Wildman–Crippen MR) is 83.5 cm³/mol. The van der Waals surface area contributed by atoms with Crippen LogP contribution < -0.4 is 0 Å². The Morgan fingerprint density at radius 3 is 2.70 bits per heavy atom. The van der Waals surface area contributed by atoms with Gasteiger partial charge in [0.25, 0.3) is 12.4 Å². The van der Waals surface area contributed by atoms with Crippen molar-refractivity contribution in [2.75, 3.05) is 19.7 Å². The van der Waals surface area contributed by atoms with E-state index < -0.39 is 23.8 Å². The first-order valence-corrected chi connectivity index (χ1v) is 7.66. The van der Waals surface area contributed by atoms with Crippen LogP contribution in [0.5, 0.6) is 0 Å². The second-order valence-corrected chi connectivity index (χ2v) is 5.43. The molecule has 2 heterocycles. The topological polar surface area (TPSA) is 110 Å². The standard InChI is InChI=1S/C14H14F3N5O2.CH2O2/c1-21-19-12(18-20-21)11-8-22(5-6-24-11)13(23)9-3-2-4-10(7-9)14(15,16)17;2-1-3/h2-4,7,11H,5-6,8H2,1H3;1H,(H,2,3). The van der Waals surface area contributed by atoms with Crippen molar-refractivity contribution in [1.82, 2.24) is 25.1 Å². The number of aryl methyl sites for hydroxylation is 1. The van der Waals surface area contributed by atoms with E-state index in [0.717, 1.165) is 12.1 Å². The van der Waals surface area contributed by atoms with Gasteiger partial charge >= 0.3 is 6.18 Å². The first-order chi connectivity index (χ1) is 12.8. The van der Waals surface area contributed by atoms with Crippen molar-refractivity contribution < 1.29 is 32.6 Å². The molecular formula is C15H16F3N5O4. The number of hydrogen-bond acceptors (Lipinski definition) is 6. The second kappa shape index (κ2) is 8.58. The number of aromatic nitrogens is 4. The van der Waals surface area contributed by atoms with E-state index in [1.165, 1.54) is 21.8 Å². The molecule has 9 nitrogen and oxygen atoms in total. The number of alkyl halides is 3. The molecule has 2 aromatic rings. The molecule has 0 aliphatic carbocycles. The average Bonchev–Trinajstić information content (AvgIpc) is 3.08. The Kier molecular flexibility index (Phi) is 6.45. The number of morpholine rings is 1. The molecule has 1 aromatic carbocycles. The number of tetrazole rings is 1. The van der Waals surface area contributed by atoms with Crippen LogP contribution in [0.2, 0.25) is 0 Å². The van der Waals surface area contributed by atoms with Crippen molar-refractivity contribution in [1.29, 1.82) is 0 Å². The second-order valence-electron chi connectivity index (χ2n) is 5.43. The average molecular weight is 387 g/mol. The number of carboxylic acid groups (broad SMARTS) is 1. The van der Waals surface area contributed by atoms with Gasteiger partial charge in [0, 0.05) is 12.1 Å². The summed E-state index contributed by atoms with van der Waals surface area (Å²) in [6.45, 7) is 0.431. The Labute approximate surface area is 151 Å². The summed E-state index contributed by atoms with van der Waals surface area (Å²) in [6, 6.07) is 4.37. The van der Waals surface area contributed by atoms with Gasteiger partial charge in [-0.3, -0.25) is 9.59 Å². The Morgan fingerprint density at radius 1 is 1.41 bits per heavy atom. The lowest BCUT2D eigenvalue weighted by atomic mass is 10.1. The van der Waals surface area contributed by atoms with E-state index in [9.17, 15) is 18.0 Å². The van der Waals surface area contributed by atoms with E-state index in [1.807, 2.05) is 0 Å². The molecule has 1 unspecified atom stereocenters. The summed E-state index contributed by atoms with van der Waals surface area (Å²) in [4.78, 5) is 23.6. The number of nitrogens with zero attached hydrogens (tertiary/aromatic N) is 5. The molecule has 1 aliphatic rings. The van der Waals surface area contributed by atoms with Gasteiger partial charge in [0.2, 0.25) is 5.82 Å². The number of rotatable bonds is 2. The number of benzene rings is 1. The number of halogens is 3. The van der Waals surface area contributed by atoms with Crippen molar-refractivity contribution >= 4 is 12.4 Å². The largest absolute Gasteiger partial charge is 0.483 e. The molecule has 1 N–H and O–H groups in total. The highest BCUT2D eigenvalue weighted by Gasteiger charge is 2.33. The number of hydrogen-bond donors (Lipinski definition) is 1. The highest BCUT2D eigenvalue weighted by molar-refractivity contribution is 5.94. The molecule has 0 saturated carbocycles. The van der Waals surface area contributed by atoms with Crippen LogP contribution >= 0.6 is 0 Å². The van der Waals surface area contributed by atoms with Crippen molar-refractivity contribution in [3.8, 4) is 0 Å². The Hall–Kier alpha value is -3.02. The third kappa shape index (κ3) is 5.23. The first kappa shape index (κ1) is 20.3. The van der Waals surface area contributed by atoms with Gasteiger partial charge in [-0.1, -0.05) is 6.07 Å². The highest BCUT2D eigenvalue weighted by Crippen LogP contribution is 2.30. The van der Waals surface area contributed by atoms with Crippen LogP contribution in [0, 0.1) is 0 Å². The molecule has 1 amide bonds. The molecule has 12 heteroatoms. The zero-order valence-corrected chi connectivity index (χ0v) is 14.1. The summed E-state index contributed by atoms with van der Waals surface area (Å²) >= 11 is 0. The van der Waals surface area contributed by atoms with E-state index in [-0.39, 0.29) is 31.7 Å². The van der Waals surface area contributed by atoms with Gasteiger partial charge in [-0.2, -0.15) is 18.0 Å². The summed E-state index contributed by atoms with van der Waals surface area (Å²) in [5.41, 5.74) is -0.869. The summed E-state index contributed by atoms with van der Waals surface area (Å²) in [7, 11) is 1.60. The van der Waals surface area contributed by atoms with Gasteiger partial charge in [-0.15, -0.1) is 10.2 Å².